The zero-order valence-electron chi connectivity index (χ0n) is 8.43. The number of nitrogens with two attached hydrogens (primary N) is 1. The van der Waals surface area contributed by atoms with Crippen molar-refractivity contribution in [1.82, 2.24) is 9.97 Å². The summed E-state index contributed by atoms with van der Waals surface area (Å²) in [6, 6.07) is 7.75. The van der Waals surface area contributed by atoms with E-state index in [9.17, 15) is 0 Å². The highest BCUT2D eigenvalue weighted by Crippen LogP contribution is 2.24. The molecule has 0 aliphatic heterocycles. The Morgan fingerprint density at radius 1 is 1.19 bits per heavy atom. The van der Waals surface area contributed by atoms with Gasteiger partial charge in [0.15, 0.2) is 5.16 Å². The fraction of sp³-hybridized carbons (Fsp3) is 0.0909. The summed E-state index contributed by atoms with van der Waals surface area (Å²) in [6.45, 7) is 0. The van der Waals surface area contributed by atoms with Crippen molar-refractivity contribution < 1.29 is 0 Å². The molecule has 0 unspecified atom stereocenters. The van der Waals surface area contributed by atoms with E-state index in [0.29, 0.717) is 10.8 Å². The molecule has 0 spiro atoms. The fourth-order valence-electron chi connectivity index (χ4n) is 1.16. The average molecular weight is 252 g/mol. The maximum atomic E-state index is 6.04. The molecule has 2 rings (SSSR count). The summed E-state index contributed by atoms with van der Waals surface area (Å²) in [5, 5.41) is 1.47. The van der Waals surface area contributed by atoms with Crippen molar-refractivity contribution >= 4 is 29.1 Å². The van der Waals surface area contributed by atoms with E-state index in [2.05, 4.69) is 9.97 Å². The molecular formula is C11H10ClN3S. The van der Waals surface area contributed by atoms with Crippen molar-refractivity contribution in [1.29, 1.82) is 0 Å². The first-order valence-corrected chi connectivity index (χ1v) is 6.06. The first-order chi connectivity index (χ1) is 7.75. The molecule has 0 fully saturated rings. The normalized spacial score (nSPS) is 10.3. The number of halogens is 1. The van der Waals surface area contributed by atoms with Crippen LogP contribution in [0.15, 0.2) is 41.8 Å². The molecule has 2 N–H and O–H groups in total. The first kappa shape index (κ1) is 11.2. The van der Waals surface area contributed by atoms with Gasteiger partial charge in [0.05, 0.1) is 18.1 Å². The quantitative estimate of drug-likeness (QED) is 0.673. The summed E-state index contributed by atoms with van der Waals surface area (Å²) in [6.07, 6.45) is 3.20. The van der Waals surface area contributed by atoms with Crippen LogP contribution in [0.4, 0.5) is 5.69 Å². The Kier molecular flexibility index (Phi) is 3.64. The van der Waals surface area contributed by atoms with Gasteiger partial charge in [0.2, 0.25) is 0 Å². The summed E-state index contributed by atoms with van der Waals surface area (Å²) in [5.41, 5.74) is 7.15. The summed E-state index contributed by atoms with van der Waals surface area (Å²) >= 11 is 7.58. The molecule has 0 bridgehead atoms. The topological polar surface area (TPSA) is 51.8 Å². The van der Waals surface area contributed by atoms with Crippen LogP contribution in [0.3, 0.4) is 0 Å². The van der Waals surface area contributed by atoms with Gasteiger partial charge in [-0.25, -0.2) is 9.97 Å². The van der Waals surface area contributed by atoms with Gasteiger partial charge in [0.1, 0.15) is 0 Å². The lowest BCUT2D eigenvalue weighted by Gasteiger charge is -2.02. The van der Waals surface area contributed by atoms with Gasteiger partial charge in [-0.2, -0.15) is 0 Å². The Balaban J connectivity index is 2.02. The molecule has 2 aromatic rings. The third-order valence-corrected chi connectivity index (χ3v) is 3.26. The molecule has 0 atom stereocenters. The SMILES string of the molecule is Nc1cnc(SCc2ccccc2Cl)nc1. The van der Waals surface area contributed by atoms with Gasteiger partial charge in [-0.1, -0.05) is 41.6 Å². The fourth-order valence-corrected chi connectivity index (χ4v) is 2.23. The van der Waals surface area contributed by atoms with E-state index in [1.54, 1.807) is 12.4 Å². The third kappa shape index (κ3) is 2.87. The van der Waals surface area contributed by atoms with Crippen molar-refractivity contribution in [2.45, 2.75) is 10.9 Å². The first-order valence-electron chi connectivity index (χ1n) is 4.69. The van der Waals surface area contributed by atoms with Gasteiger partial charge in [-0.05, 0) is 11.6 Å². The zero-order chi connectivity index (χ0) is 11.4. The van der Waals surface area contributed by atoms with Gasteiger partial charge < -0.3 is 5.73 Å². The molecule has 0 saturated heterocycles. The molecule has 3 nitrogen and oxygen atoms in total. The van der Waals surface area contributed by atoms with Crippen molar-refractivity contribution in [3.8, 4) is 0 Å². The maximum Gasteiger partial charge on any atom is 0.187 e. The lowest BCUT2D eigenvalue weighted by atomic mass is 10.2. The molecule has 0 aliphatic carbocycles. The van der Waals surface area contributed by atoms with E-state index in [4.69, 9.17) is 17.3 Å². The Labute approximate surface area is 103 Å². The van der Waals surface area contributed by atoms with E-state index in [1.165, 1.54) is 11.8 Å². The minimum Gasteiger partial charge on any atom is -0.396 e. The number of aromatic nitrogens is 2. The predicted molar refractivity (Wildman–Crippen MR) is 67.5 cm³/mol. The van der Waals surface area contributed by atoms with Crippen LogP contribution in [-0.2, 0) is 5.75 Å². The lowest BCUT2D eigenvalue weighted by molar-refractivity contribution is 0.970. The smallest absolute Gasteiger partial charge is 0.187 e. The number of benzene rings is 1. The van der Waals surface area contributed by atoms with Crippen LogP contribution in [0.25, 0.3) is 0 Å². The van der Waals surface area contributed by atoms with Crippen molar-refractivity contribution in [2.24, 2.45) is 0 Å². The summed E-state index contributed by atoms with van der Waals surface area (Å²) < 4.78 is 0. The second-order valence-electron chi connectivity index (χ2n) is 3.18. The van der Waals surface area contributed by atoms with E-state index in [-0.39, 0.29) is 0 Å². The summed E-state index contributed by atoms with van der Waals surface area (Å²) in [5.74, 6) is 0.754. The standard InChI is InChI=1S/C11H10ClN3S/c12-10-4-2-1-3-8(10)7-16-11-14-5-9(13)6-15-11/h1-6H,7,13H2. The number of thioether (sulfide) groups is 1. The molecule has 0 amide bonds. The minimum absolute atomic E-state index is 0.571. The number of hydrogen-bond acceptors (Lipinski definition) is 4. The van der Waals surface area contributed by atoms with Gasteiger partial charge in [0.25, 0.3) is 0 Å². The number of rotatable bonds is 3. The van der Waals surface area contributed by atoms with Gasteiger partial charge in [-0.3, -0.25) is 0 Å². The minimum atomic E-state index is 0.571. The molecule has 82 valence electrons. The van der Waals surface area contributed by atoms with E-state index >= 15 is 0 Å². The van der Waals surface area contributed by atoms with E-state index < -0.39 is 0 Å². The van der Waals surface area contributed by atoms with Crippen molar-refractivity contribution in [3.63, 3.8) is 0 Å². The highest BCUT2D eigenvalue weighted by atomic mass is 35.5. The van der Waals surface area contributed by atoms with Gasteiger partial charge >= 0.3 is 0 Å². The van der Waals surface area contributed by atoms with Crippen LogP contribution < -0.4 is 5.73 Å². The third-order valence-electron chi connectivity index (χ3n) is 1.96. The van der Waals surface area contributed by atoms with Crippen LogP contribution in [-0.4, -0.2) is 9.97 Å². The Morgan fingerprint density at radius 3 is 2.56 bits per heavy atom. The monoisotopic (exact) mass is 251 g/mol. The van der Waals surface area contributed by atoms with Crippen molar-refractivity contribution in [2.75, 3.05) is 5.73 Å². The van der Waals surface area contributed by atoms with Crippen LogP contribution in [0, 0.1) is 0 Å². The Bertz CT molecular complexity index is 473. The van der Waals surface area contributed by atoms with Crippen LogP contribution in [0.1, 0.15) is 5.56 Å². The van der Waals surface area contributed by atoms with Crippen LogP contribution >= 0.6 is 23.4 Å². The van der Waals surface area contributed by atoms with Gasteiger partial charge in [0, 0.05) is 10.8 Å². The zero-order valence-corrected chi connectivity index (χ0v) is 10.0. The maximum absolute atomic E-state index is 6.04. The molecule has 0 radical (unpaired) electrons. The lowest BCUT2D eigenvalue weighted by Crippen LogP contribution is -1.91. The number of nitrogens with zero attached hydrogens (tertiary/aromatic N) is 2. The number of anilines is 1. The molecule has 0 aliphatic rings. The molecular weight excluding hydrogens is 242 g/mol. The van der Waals surface area contributed by atoms with Crippen molar-refractivity contribution in [3.05, 3.63) is 47.2 Å². The summed E-state index contributed by atoms with van der Waals surface area (Å²) in [7, 11) is 0. The highest BCUT2D eigenvalue weighted by molar-refractivity contribution is 7.98. The largest absolute Gasteiger partial charge is 0.396 e. The molecule has 1 aromatic heterocycles. The van der Waals surface area contributed by atoms with Gasteiger partial charge in [-0.15, -0.1) is 0 Å². The number of nitrogen functional groups attached to an aromatic ring is 1. The van der Waals surface area contributed by atoms with Crippen LogP contribution in [0.2, 0.25) is 5.02 Å². The summed E-state index contributed by atoms with van der Waals surface area (Å²) in [4.78, 5) is 8.21. The predicted octanol–water partition coefficient (Wildman–Crippen LogP) is 3.00. The molecule has 16 heavy (non-hydrogen) atoms. The average Bonchev–Trinajstić information content (AvgIpc) is 2.30. The Hall–Kier alpha value is -1.26. The molecule has 1 aromatic carbocycles. The second-order valence-corrected chi connectivity index (χ2v) is 4.53. The molecule has 5 heteroatoms. The molecule has 0 saturated carbocycles. The van der Waals surface area contributed by atoms with E-state index in [1.807, 2.05) is 24.3 Å². The second kappa shape index (κ2) is 5.18. The Morgan fingerprint density at radius 2 is 1.88 bits per heavy atom. The van der Waals surface area contributed by atoms with E-state index in [0.717, 1.165) is 16.3 Å². The number of hydrogen-bond donors (Lipinski definition) is 1. The van der Waals surface area contributed by atoms with Crippen LogP contribution in [0.5, 0.6) is 0 Å². The molecule has 1 heterocycles. The highest BCUT2D eigenvalue weighted by Gasteiger charge is 2.02.